The molecule has 4 N–H and O–H groups in total. The van der Waals surface area contributed by atoms with E-state index in [1.54, 1.807) is 53.7 Å². The van der Waals surface area contributed by atoms with Crippen molar-refractivity contribution in [2.75, 3.05) is 50.1 Å². The van der Waals surface area contributed by atoms with Crippen molar-refractivity contribution in [3.8, 4) is 5.75 Å². The second kappa shape index (κ2) is 20.0. The minimum atomic E-state index is -3.89. The van der Waals surface area contributed by atoms with Crippen molar-refractivity contribution in [2.24, 2.45) is 5.92 Å². The minimum Gasteiger partial charge on any atom is -0.492 e. The number of hydrogen-bond acceptors (Lipinski definition) is 16. The molecular weight excluding hydrogens is 925 g/mol. The first-order chi connectivity index (χ1) is 32.8. The van der Waals surface area contributed by atoms with Crippen molar-refractivity contribution in [2.45, 2.75) is 134 Å². The number of carbonyl (C=O) groups is 5. The lowest BCUT2D eigenvalue weighted by molar-refractivity contribution is -0.152. The van der Waals surface area contributed by atoms with Gasteiger partial charge >= 0.3 is 12.1 Å². The lowest BCUT2D eigenvalue weighted by Gasteiger charge is -2.38. The molecule has 22 nitrogen and oxygen atoms in total. The summed E-state index contributed by atoms with van der Waals surface area (Å²) in [7, 11) is -2.50. The molecule has 0 saturated carbocycles. The molecule has 0 unspecified atom stereocenters. The number of hydrogen-bond donors (Lipinski definition) is 4. The van der Waals surface area contributed by atoms with Gasteiger partial charge in [0.2, 0.25) is 11.8 Å². The van der Waals surface area contributed by atoms with Gasteiger partial charge in [-0.05, 0) is 106 Å². The van der Waals surface area contributed by atoms with Gasteiger partial charge in [0.25, 0.3) is 5.91 Å². The SMILES string of the molecule is Cc1[nH]nc(Nc2ncnc3cc(OCC4CCN(c5cnc(C(=O)N6CC[C@H]7CC[C@@H](C(=O)O)N7C(=O)[C@@H](NC(=O)[C@H](C)N(C)C(=O)OC(C)(C)C)C6)cn5)CC4)c(S(=O)(=O)C(C)(C)C)cc23)c1C. The Balaban J connectivity index is 1.01. The summed E-state index contributed by atoms with van der Waals surface area (Å²) in [5.74, 6) is -1.20. The van der Waals surface area contributed by atoms with Gasteiger partial charge in [0.05, 0.1) is 35.8 Å². The topological polar surface area (TPSA) is 275 Å². The van der Waals surface area contributed by atoms with Gasteiger partial charge in [-0.25, -0.2) is 37.9 Å². The van der Waals surface area contributed by atoms with Crippen molar-refractivity contribution in [1.82, 2.24) is 50.1 Å². The Labute approximate surface area is 407 Å². The standard InChI is InChI=1S/C47H64N12O10S/c1-26-27(2)54-55-39(26)53-40-31-19-37(70(66,67)47(7,8)9)36(20-32(31)50-25-51-40)68-24-29-13-16-57(17-14-29)38-22-48-33(21-49-38)42(61)58-18-15-30-11-12-35(44(63)64)59(30)43(62)34(23-58)52-41(60)28(3)56(10)45(65)69-46(4,5)6/h19-22,25,28-30,34-35H,11-18,23-24H2,1-10H3,(H,52,60)(H,63,64)(H2,50,51,53,54,55)/t28-,30+,34-,35-/m0/s1. The Morgan fingerprint density at radius 1 is 0.943 bits per heavy atom. The number of benzene rings is 1. The zero-order valence-electron chi connectivity index (χ0n) is 41.4. The molecule has 4 amide bonds. The van der Waals surface area contributed by atoms with Crippen molar-refractivity contribution in [1.29, 1.82) is 0 Å². The number of carboxylic acids is 1. The summed E-state index contributed by atoms with van der Waals surface area (Å²) in [6.07, 6.45) is 5.88. The fraction of sp³-hybridized carbons (Fsp3) is 0.574. The Hall–Kier alpha value is -6.65. The molecule has 0 bridgehead atoms. The van der Waals surface area contributed by atoms with Gasteiger partial charge in [0.15, 0.2) is 15.7 Å². The van der Waals surface area contributed by atoms with Crippen LogP contribution in [0.5, 0.6) is 5.75 Å². The number of aliphatic carboxylic acids is 1. The lowest BCUT2D eigenvalue weighted by Crippen LogP contribution is -2.62. The van der Waals surface area contributed by atoms with Crippen molar-refractivity contribution in [3.63, 3.8) is 0 Å². The predicted octanol–water partition coefficient (Wildman–Crippen LogP) is 4.40. The van der Waals surface area contributed by atoms with Crippen LogP contribution in [-0.4, -0.2) is 162 Å². The average Bonchev–Trinajstić information content (AvgIpc) is 3.88. The molecular formula is C47H64N12O10S. The number of aryl methyl sites for hydroxylation is 1. The molecule has 0 radical (unpaired) electrons. The summed E-state index contributed by atoms with van der Waals surface area (Å²) in [5.41, 5.74) is 1.48. The number of nitrogens with zero attached hydrogens (tertiary/aromatic N) is 9. The van der Waals surface area contributed by atoms with Gasteiger partial charge in [-0.1, -0.05) is 0 Å². The number of ether oxygens (including phenoxy) is 2. The van der Waals surface area contributed by atoms with Crippen molar-refractivity contribution in [3.05, 3.63) is 47.8 Å². The van der Waals surface area contributed by atoms with E-state index >= 15 is 0 Å². The molecule has 3 aromatic heterocycles. The van der Waals surface area contributed by atoms with Crippen LogP contribution < -0.4 is 20.3 Å². The molecule has 7 rings (SSSR count). The number of aromatic amines is 1. The summed E-state index contributed by atoms with van der Waals surface area (Å²) in [5, 5.41) is 23.6. The number of rotatable bonds is 12. The highest BCUT2D eigenvalue weighted by molar-refractivity contribution is 7.92. The first-order valence-corrected chi connectivity index (χ1v) is 24.9. The summed E-state index contributed by atoms with van der Waals surface area (Å²) in [6, 6.07) is -0.758. The molecule has 0 aliphatic carbocycles. The second-order valence-electron chi connectivity index (χ2n) is 20.3. The third kappa shape index (κ3) is 10.9. The molecule has 3 aliphatic rings. The summed E-state index contributed by atoms with van der Waals surface area (Å²) < 4.78 is 38.7. The van der Waals surface area contributed by atoms with Crippen LogP contribution in [0.3, 0.4) is 0 Å². The van der Waals surface area contributed by atoms with E-state index < -0.39 is 74.1 Å². The van der Waals surface area contributed by atoms with E-state index in [-0.39, 0.29) is 48.4 Å². The zero-order valence-corrected chi connectivity index (χ0v) is 42.2. The molecule has 3 saturated heterocycles. The molecule has 70 heavy (non-hydrogen) atoms. The minimum absolute atomic E-state index is 0.0192. The van der Waals surface area contributed by atoms with E-state index in [0.717, 1.165) is 16.2 Å². The normalized spacial score (nSPS) is 19.8. The Bertz CT molecular complexity index is 2750. The van der Waals surface area contributed by atoms with Gasteiger partial charge < -0.3 is 39.9 Å². The molecule has 23 heteroatoms. The molecule has 3 fully saturated rings. The monoisotopic (exact) mass is 988 g/mol. The van der Waals surface area contributed by atoms with E-state index in [2.05, 4.69) is 40.8 Å². The van der Waals surface area contributed by atoms with Crippen LogP contribution in [0.15, 0.2) is 35.7 Å². The number of fused-ring (bicyclic) bond motifs is 2. The maximum Gasteiger partial charge on any atom is 0.410 e. The highest BCUT2D eigenvalue weighted by Crippen LogP contribution is 2.38. The lowest BCUT2D eigenvalue weighted by atomic mass is 9.98. The Morgan fingerprint density at radius 2 is 1.66 bits per heavy atom. The number of carboxylic acid groups (broad SMARTS) is 1. The third-order valence-corrected chi connectivity index (χ3v) is 15.8. The third-order valence-electron chi connectivity index (χ3n) is 13.3. The number of aromatic nitrogens is 6. The van der Waals surface area contributed by atoms with Crippen LogP contribution in [0.4, 0.5) is 22.2 Å². The molecule has 1 aromatic carbocycles. The van der Waals surface area contributed by atoms with Crippen LogP contribution >= 0.6 is 0 Å². The maximum absolute atomic E-state index is 14.1. The fourth-order valence-corrected chi connectivity index (χ4v) is 10.0. The number of H-pyrrole nitrogens is 1. The van der Waals surface area contributed by atoms with E-state index in [1.807, 2.05) is 18.7 Å². The van der Waals surface area contributed by atoms with Crippen molar-refractivity contribution < 1.29 is 47.0 Å². The molecule has 0 spiro atoms. The van der Waals surface area contributed by atoms with Crippen LogP contribution in [0.2, 0.25) is 0 Å². The first-order valence-electron chi connectivity index (χ1n) is 23.5. The molecule has 4 aromatic rings. The largest absolute Gasteiger partial charge is 0.492 e. The van der Waals surface area contributed by atoms with Crippen LogP contribution in [0, 0.1) is 19.8 Å². The molecule has 378 valence electrons. The number of sulfone groups is 1. The Kier molecular flexibility index (Phi) is 14.6. The quantitative estimate of drug-likeness (QED) is 0.153. The number of amides is 4. The summed E-state index contributed by atoms with van der Waals surface area (Å²) in [4.78, 5) is 90.7. The van der Waals surface area contributed by atoms with Gasteiger partial charge in [-0.15, -0.1) is 0 Å². The number of nitrogens with one attached hydrogen (secondary N) is 3. The van der Waals surface area contributed by atoms with Gasteiger partial charge in [-0.2, -0.15) is 5.10 Å². The number of piperidine rings is 1. The van der Waals surface area contributed by atoms with E-state index in [4.69, 9.17) is 9.47 Å². The van der Waals surface area contributed by atoms with Crippen LogP contribution in [0.1, 0.15) is 102 Å². The van der Waals surface area contributed by atoms with Crippen LogP contribution in [-0.2, 0) is 29.0 Å². The predicted molar refractivity (Wildman–Crippen MR) is 257 cm³/mol. The smallest absolute Gasteiger partial charge is 0.410 e. The molecule has 3 aliphatic heterocycles. The Morgan fingerprint density at radius 3 is 2.27 bits per heavy atom. The van der Waals surface area contributed by atoms with E-state index in [9.17, 15) is 37.5 Å². The molecule has 6 heterocycles. The van der Waals surface area contributed by atoms with E-state index in [0.29, 0.717) is 67.1 Å². The van der Waals surface area contributed by atoms with Gasteiger partial charge in [-0.3, -0.25) is 24.4 Å². The molecule has 4 atom stereocenters. The van der Waals surface area contributed by atoms with Gasteiger partial charge in [0, 0.05) is 55.4 Å². The summed E-state index contributed by atoms with van der Waals surface area (Å²) >= 11 is 0. The highest BCUT2D eigenvalue weighted by atomic mass is 32.2. The average molecular weight is 989 g/mol. The number of likely N-dealkylation sites (N-methyl/N-ethyl adjacent to an activating group) is 1. The first kappa shape index (κ1) is 51.2. The van der Waals surface area contributed by atoms with E-state index in [1.165, 1.54) is 42.5 Å². The van der Waals surface area contributed by atoms with Crippen LogP contribution in [0.25, 0.3) is 10.9 Å². The number of carbonyl (C=O) groups excluding carboxylic acids is 4. The fourth-order valence-electron chi connectivity index (χ4n) is 8.70. The highest BCUT2D eigenvalue weighted by Gasteiger charge is 2.46. The van der Waals surface area contributed by atoms with Crippen molar-refractivity contribution >= 4 is 68.0 Å². The van der Waals surface area contributed by atoms with Gasteiger partial charge in [0.1, 0.15) is 58.0 Å². The second-order valence-corrected chi connectivity index (χ2v) is 23.0. The number of anilines is 3. The summed E-state index contributed by atoms with van der Waals surface area (Å²) in [6.45, 7) is 16.6. The maximum atomic E-state index is 14.1. The zero-order chi connectivity index (χ0) is 51.0.